The third kappa shape index (κ3) is 3.01. The van der Waals surface area contributed by atoms with E-state index in [0.29, 0.717) is 5.69 Å². The molecule has 0 bridgehead atoms. The van der Waals surface area contributed by atoms with Crippen LogP contribution in [-0.2, 0) is 0 Å². The maximum atomic E-state index is 11.3. The minimum atomic E-state index is -0.399. The molecule has 0 aliphatic rings. The highest BCUT2D eigenvalue weighted by Gasteiger charge is 2.16. The molecule has 0 amide bonds. The number of nitro benzene ring substituents is 1. The number of nitro groups is 1. The van der Waals surface area contributed by atoms with Crippen LogP contribution < -0.4 is 5.32 Å². The average Bonchev–Trinajstić information content (AvgIpc) is 3.01. The lowest BCUT2D eigenvalue weighted by Gasteiger charge is -2.08. The molecule has 6 heteroatoms. The monoisotopic (exact) mass is 358 g/mol. The van der Waals surface area contributed by atoms with Crippen LogP contribution in [0.3, 0.4) is 0 Å². The van der Waals surface area contributed by atoms with Crippen molar-refractivity contribution in [2.75, 3.05) is 5.32 Å². The molecular weight excluding hydrogens is 348 g/mol. The van der Waals surface area contributed by atoms with Crippen LogP contribution in [0.15, 0.2) is 69.9 Å². The standard InChI is InChI=1S/C16H11BrN2O3/c17-13-2-1-3-14(9-13)18-15-5-4-11(8-16(15)19(20)21)12-6-7-22-10-12/h1-10,18H. The van der Waals surface area contributed by atoms with E-state index in [0.717, 1.165) is 21.3 Å². The van der Waals surface area contributed by atoms with Crippen molar-refractivity contribution in [1.29, 1.82) is 0 Å². The molecule has 5 nitrogen and oxygen atoms in total. The fourth-order valence-electron chi connectivity index (χ4n) is 2.12. The largest absolute Gasteiger partial charge is 0.472 e. The summed E-state index contributed by atoms with van der Waals surface area (Å²) in [5, 5.41) is 14.4. The van der Waals surface area contributed by atoms with Crippen LogP contribution in [0, 0.1) is 10.1 Å². The highest BCUT2D eigenvalue weighted by atomic mass is 79.9. The molecule has 0 radical (unpaired) electrons. The van der Waals surface area contributed by atoms with Gasteiger partial charge in [-0.2, -0.15) is 0 Å². The SMILES string of the molecule is O=[N+]([O-])c1cc(-c2ccoc2)ccc1Nc1cccc(Br)c1. The van der Waals surface area contributed by atoms with Crippen LogP contribution in [0.25, 0.3) is 11.1 Å². The van der Waals surface area contributed by atoms with Gasteiger partial charge in [0, 0.05) is 21.8 Å². The lowest BCUT2D eigenvalue weighted by molar-refractivity contribution is -0.383. The zero-order chi connectivity index (χ0) is 15.5. The molecule has 0 fully saturated rings. The van der Waals surface area contributed by atoms with Crippen LogP contribution >= 0.6 is 15.9 Å². The maximum Gasteiger partial charge on any atom is 0.293 e. The van der Waals surface area contributed by atoms with Crippen molar-refractivity contribution >= 4 is 33.0 Å². The van der Waals surface area contributed by atoms with Crippen molar-refractivity contribution in [3.63, 3.8) is 0 Å². The van der Waals surface area contributed by atoms with E-state index in [9.17, 15) is 10.1 Å². The van der Waals surface area contributed by atoms with Crippen molar-refractivity contribution < 1.29 is 9.34 Å². The van der Waals surface area contributed by atoms with Gasteiger partial charge >= 0.3 is 0 Å². The van der Waals surface area contributed by atoms with Crippen LogP contribution in [0.2, 0.25) is 0 Å². The van der Waals surface area contributed by atoms with E-state index in [4.69, 9.17) is 4.42 Å². The predicted molar refractivity (Wildman–Crippen MR) is 88.2 cm³/mol. The molecular formula is C16H11BrN2O3. The Hall–Kier alpha value is -2.60. The second-order valence-electron chi connectivity index (χ2n) is 4.64. The predicted octanol–water partition coefficient (Wildman–Crippen LogP) is 5.36. The third-order valence-electron chi connectivity index (χ3n) is 3.15. The summed E-state index contributed by atoms with van der Waals surface area (Å²) < 4.78 is 5.92. The number of nitrogens with zero attached hydrogens (tertiary/aromatic N) is 1. The molecule has 22 heavy (non-hydrogen) atoms. The van der Waals surface area contributed by atoms with Crippen LogP contribution in [0.5, 0.6) is 0 Å². The fourth-order valence-corrected chi connectivity index (χ4v) is 2.52. The number of anilines is 2. The molecule has 2 aromatic carbocycles. The molecule has 0 atom stereocenters. The average molecular weight is 359 g/mol. The molecule has 3 rings (SSSR count). The number of hydrogen-bond acceptors (Lipinski definition) is 4. The van der Waals surface area contributed by atoms with Crippen molar-refractivity contribution in [3.8, 4) is 11.1 Å². The summed E-state index contributed by atoms with van der Waals surface area (Å²) in [4.78, 5) is 10.9. The van der Waals surface area contributed by atoms with Gasteiger partial charge in [-0.15, -0.1) is 0 Å². The molecule has 0 saturated heterocycles. The molecule has 0 unspecified atom stereocenters. The molecule has 0 saturated carbocycles. The number of nitrogens with one attached hydrogen (secondary N) is 1. The number of furan rings is 1. The van der Waals surface area contributed by atoms with Gasteiger partial charge in [0.15, 0.2) is 0 Å². The quantitative estimate of drug-likeness (QED) is 0.503. The molecule has 3 aromatic rings. The minimum Gasteiger partial charge on any atom is -0.472 e. The first-order chi connectivity index (χ1) is 10.6. The lowest BCUT2D eigenvalue weighted by Crippen LogP contribution is -1.97. The van der Waals surface area contributed by atoms with Gasteiger partial charge in [-0.3, -0.25) is 10.1 Å². The van der Waals surface area contributed by atoms with Gasteiger partial charge in [0.25, 0.3) is 5.69 Å². The van der Waals surface area contributed by atoms with Gasteiger partial charge in [-0.25, -0.2) is 0 Å². The Morgan fingerprint density at radius 1 is 1.09 bits per heavy atom. The van der Waals surface area contributed by atoms with E-state index in [-0.39, 0.29) is 5.69 Å². The molecule has 0 spiro atoms. The molecule has 1 heterocycles. The topological polar surface area (TPSA) is 68.3 Å². The van der Waals surface area contributed by atoms with E-state index >= 15 is 0 Å². The highest BCUT2D eigenvalue weighted by Crippen LogP contribution is 2.33. The molecule has 110 valence electrons. The van der Waals surface area contributed by atoms with E-state index in [2.05, 4.69) is 21.2 Å². The van der Waals surface area contributed by atoms with E-state index in [1.54, 1.807) is 18.4 Å². The Kier molecular flexibility index (Phi) is 3.93. The zero-order valence-electron chi connectivity index (χ0n) is 11.3. The third-order valence-corrected chi connectivity index (χ3v) is 3.65. The highest BCUT2D eigenvalue weighted by molar-refractivity contribution is 9.10. The second kappa shape index (κ2) is 6.03. The first kappa shape index (κ1) is 14.3. The molecule has 1 N–H and O–H groups in total. The Balaban J connectivity index is 1.99. The van der Waals surface area contributed by atoms with Gasteiger partial charge in [0.05, 0.1) is 17.4 Å². The molecule has 0 aliphatic carbocycles. The van der Waals surface area contributed by atoms with Crippen LogP contribution in [0.1, 0.15) is 0 Å². The first-order valence-electron chi connectivity index (χ1n) is 6.47. The first-order valence-corrected chi connectivity index (χ1v) is 7.26. The van der Waals surface area contributed by atoms with Gasteiger partial charge in [-0.1, -0.05) is 28.1 Å². The molecule has 0 aliphatic heterocycles. The van der Waals surface area contributed by atoms with Crippen molar-refractivity contribution in [2.24, 2.45) is 0 Å². The van der Waals surface area contributed by atoms with E-state index < -0.39 is 4.92 Å². The van der Waals surface area contributed by atoms with E-state index in [1.807, 2.05) is 30.3 Å². The van der Waals surface area contributed by atoms with Crippen LogP contribution in [-0.4, -0.2) is 4.92 Å². The maximum absolute atomic E-state index is 11.3. The Bertz CT molecular complexity index is 816. The van der Waals surface area contributed by atoms with Crippen molar-refractivity contribution in [1.82, 2.24) is 0 Å². The lowest BCUT2D eigenvalue weighted by atomic mass is 10.1. The number of hydrogen-bond donors (Lipinski definition) is 1. The summed E-state index contributed by atoms with van der Waals surface area (Å²) >= 11 is 3.38. The van der Waals surface area contributed by atoms with Crippen molar-refractivity contribution in [2.45, 2.75) is 0 Å². The van der Waals surface area contributed by atoms with E-state index in [1.165, 1.54) is 12.3 Å². The Labute approximate surface area is 134 Å². The smallest absolute Gasteiger partial charge is 0.293 e. The zero-order valence-corrected chi connectivity index (χ0v) is 12.9. The Morgan fingerprint density at radius 3 is 2.64 bits per heavy atom. The van der Waals surface area contributed by atoms with Gasteiger partial charge < -0.3 is 9.73 Å². The summed E-state index contributed by atoms with van der Waals surface area (Å²) in [7, 11) is 0. The number of halogens is 1. The minimum absolute atomic E-state index is 0.0127. The summed E-state index contributed by atoms with van der Waals surface area (Å²) in [5.41, 5.74) is 2.76. The normalized spacial score (nSPS) is 10.4. The van der Waals surface area contributed by atoms with Gasteiger partial charge in [0.2, 0.25) is 0 Å². The van der Waals surface area contributed by atoms with Gasteiger partial charge in [0.1, 0.15) is 5.69 Å². The molecule has 1 aromatic heterocycles. The number of benzene rings is 2. The summed E-state index contributed by atoms with van der Waals surface area (Å²) in [6, 6.07) is 14.3. The van der Waals surface area contributed by atoms with Gasteiger partial charge in [-0.05, 0) is 35.9 Å². The second-order valence-corrected chi connectivity index (χ2v) is 5.55. The summed E-state index contributed by atoms with van der Waals surface area (Å²) in [6.45, 7) is 0. The fraction of sp³-hybridized carbons (Fsp3) is 0. The summed E-state index contributed by atoms with van der Waals surface area (Å²) in [5.74, 6) is 0. The van der Waals surface area contributed by atoms with Crippen molar-refractivity contribution in [3.05, 3.63) is 75.6 Å². The van der Waals surface area contributed by atoms with Crippen LogP contribution in [0.4, 0.5) is 17.1 Å². The number of rotatable bonds is 4. The Morgan fingerprint density at radius 2 is 1.95 bits per heavy atom. The summed E-state index contributed by atoms with van der Waals surface area (Å²) in [6.07, 6.45) is 3.09.